The summed E-state index contributed by atoms with van der Waals surface area (Å²) in [5, 5.41) is 3.28. The zero-order chi connectivity index (χ0) is 10.7. The van der Waals surface area contributed by atoms with Crippen LogP contribution in [0.5, 0.6) is 0 Å². The lowest BCUT2D eigenvalue weighted by Crippen LogP contribution is -2.17. The van der Waals surface area contributed by atoms with E-state index in [0.29, 0.717) is 6.04 Å². The van der Waals surface area contributed by atoms with E-state index < -0.39 is 6.43 Å². The molecule has 1 unspecified atom stereocenters. The fourth-order valence-corrected chi connectivity index (χ4v) is 2.80. The van der Waals surface area contributed by atoms with Crippen molar-refractivity contribution in [1.29, 1.82) is 0 Å². The molecule has 0 aromatic heterocycles. The zero-order valence-electron chi connectivity index (χ0n) is 8.25. The molecule has 1 heterocycles. The zero-order valence-corrected chi connectivity index (χ0v) is 9.07. The van der Waals surface area contributed by atoms with Crippen LogP contribution in [0.25, 0.3) is 0 Å². The molecule has 0 radical (unpaired) electrons. The summed E-state index contributed by atoms with van der Waals surface area (Å²) in [5.41, 5.74) is 0.894. The summed E-state index contributed by atoms with van der Waals surface area (Å²) in [4.78, 5) is 0. The highest BCUT2D eigenvalue weighted by Crippen LogP contribution is 2.25. The van der Waals surface area contributed by atoms with Crippen LogP contribution < -0.4 is 5.32 Å². The summed E-state index contributed by atoms with van der Waals surface area (Å²) in [7, 11) is 0. The predicted molar refractivity (Wildman–Crippen MR) is 60.8 cm³/mol. The lowest BCUT2D eigenvalue weighted by molar-refractivity contribution is 0.151. The average molecular weight is 229 g/mol. The third-order valence-electron chi connectivity index (χ3n) is 2.44. The molecule has 1 saturated heterocycles. The molecule has 1 aromatic rings. The summed E-state index contributed by atoms with van der Waals surface area (Å²) >= 11 is 1.90. The average Bonchev–Trinajstić information content (AvgIpc) is 2.71. The number of nitrogens with one attached hydrogen (secondary N) is 1. The number of halogens is 2. The Morgan fingerprint density at radius 3 is 2.93 bits per heavy atom. The SMILES string of the molecule is FC(F)c1cccc(NC2CCSC2)c1. The van der Waals surface area contributed by atoms with Gasteiger partial charge in [0.1, 0.15) is 0 Å². The van der Waals surface area contributed by atoms with Crippen LogP contribution in [0.1, 0.15) is 18.4 Å². The minimum absolute atomic E-state index is 0.0886. The second kappa shape index (κ2) is 4.84. The van der Waals surface area contributed by atoms with Gasteiger partial charge in [-0.15, -0.1) is 0 Å². The van der Waals surface area contributed by atoms with Crippen LogP contribution in [0, 0.1) is 0 Å². The van der Waals surface area contributed by atoms with Crippen LogP contribution >= 0.6 is 11.8 Å². The molecule has 1 atom stereocenters. The summed E-state index contributed by atoms with van der Waals surface area (Å²) in [6.45, 7) is 0. The van der Waals surface area contributed by atoms with Crippen molar-refractivity contribution in [2.24, 2.45) is 0 Å². The van der Waals surface area contributed by atoms with Crippen molar-refractivity contribution in [3.05, 3.63) is 29.8 Å². The Morgan fingerprint density at radius 1 is 1.40 bits per heavy atom. The van der Waals surface area contributed by atoms with Gasteiger partial charge in [-0.05, 0) is 24.3 Å². The largest absolute Gasteiger partial charge is 0.381 e. The van der Waals surface area contributed by atoms with E-state index in [9.17, 15) is 8.78 Å². The number of hydrogen-bond acceptors (Lipinski definition) is 2. The van der Waals surface area contributed by atoms with Crippen molar-refractivity contribution in [2.75, 3.05) is 16.8 Å². The Hall–Kier alpha value is -0.770. The fraction of sp³-hybridized carbons (Fsp3) is 0.455. The summed E-state index contributed by atoms with van der Waals surface area (Å²) < 4.78 is 24.9. The van der Waals surface area contributed by atoms with Crippen molar-refractivity contribution < 1.29 is 8.78 Å². The third kappa shape index (κ3) is 2.84. The molecule has 82 valence electrons. The monoisotopic (exact) mass is 229 g/mol. The van der Waals surface area contributed by atoms with Crippen molar-refractivity contribution >= 4 is 17.4 Å². The minimum atomic E-state index is -2.38. The second-order valence-corrected chi connectivity index (χ2v) is 4.78. The summed E-state index contributed by atoms with van der Waals surface area (Å²) in [5.74, 6) is 2.23. The first kappa shape index (κ1) is 10.7. The molecule has 1 nitrogen and oxygen atoms in total. The second-order valence-electron chi connectivity index (χ2n) is 3.63. The fourth-order valence-electron chi connectivity index (χ4n) is 1.65. The van der Waals surface area contributed by atoms with Gasteiger partial charge >= 0.3 is 0 Å². The van der Waals surface area contributed by atoms with Crippen LogP contribution in [0.3, 0.4) is 0 Å². The Labute approximate surface area is 92.3 Å². The van der Waals surface area contributed by atoms with Crippen molar-refractivity contribution in [1.82, 2.24) is 0 Å². The van der Waals surface area contributed by atoms with Crippen LogP contribution in [0.15, 0.2) is 24.3 Å². The Kier molecular flexibility index (Phi) is 3.46. The van der Waals surface area contributed by atoms with Gasteiger partial charge in [0.15, 0.2) is 0 Å². The standard InChI is InChI=1S/C11H13F2NS/c12-11(13)8-2-1-3-9(6-8)14-10-4-5-15-7-10/h1-3,6,10-11,14H,4-5,7H2. The normalized spacial score (nSPS) is 20.9. The van der Waals surface area contributed by atoms with Gasteiger partial charge in [-0.2, -0.15) is 11.8 Å². The number of hydrogen-bond donors (Lipinski definition) is 1. The molecule has 2 rings (SSSR count). The number of thioether (sulfide) groups is 1. The molecule has 1 fully saturated rings. The molecule has 1 aliphatic heterocycles. The molecule has 0 spiro atoms. The highest BCUT2D eigenvalue weighted by atomic mass is 32.2. The Bertz CT molecular complexity index is 324. The van der Waals surface area contributed by atoms with E-state index >= 15 is 0 Å². The molecule has 1 aliphatic rings. The van der Waals surface area contributed by atoms with Crippen LogP contribution in [0.2, 0.25) is 0 Å². The summed E-state index contributed by atoms with van der Waals surface area (Å²) in [6, 6.07) is 6.94. The topological polar surface area (TPSA) is 12.0 Å². The minimum Gasteiger partial charge on any atom is -0.381 e. The van der Waals surface area contributed by atoms with Gasteiger partial charge in [0.05, 0.1) is 0 Å². The van der Waals surface area contributed by atoms with E-state index in [1.54, 1.807) is 6.07 Å². The first-order valence-corrected chi connectivity index (χ1v) is 6.13. The Morgan fingerprint density at radius 2 is 2.27 bits per heavy atom. The molecule has 1 aromatic carbocycles. The quantitative estimate of drug-likeness (QED) is 0.850. The van der Waals surface area contributed by atoms with E-state index in [1.165, 1.54) is 12.1 Å². The van der Waals surface area contributed by atoms with Gasteiger partial charge in [0.2, 0.25) is 0 Å². The van der Waals surface area contributed by atoms with Gasteiger partial charge in [-0.1, -0.05) is 12.1 Å². The van der Waals surface area contributed by atoms with E-state index in [4.69, 9.17) is 0 Å². The highest BCUT2D eigenvalue weighted by Gasteiger charge is 2.15. The summed E-state index contributed by atoms with van der Waals surface area (Å²) in [6.07, 6.45) is -1.27. The van der Waals surface area contributed by atoms with Gasteiger partial charge < -0.3 is 5.32 Å². The number of anilines is 1. The van der Waals surface area contributed by atoms with E-state index in [1.807, 2.05) is 17.8 Å². The van der Waals surface area contributed by atoms with Gasteiger partial charge in [-0.3, -0.25) is 0 Å². The van der Waals surface area contributed by atoms with Crippen molar-refractivity contribution in [2.45, 2.75) is 18.9 Å². The lowest BCUT2D eigenvalue weighted by atomic mass is 10.2. The molecule has 15 heavy (non-hydrogen) atoms. The molecule has 0 bridgehead atoms. The van der Waals surface area contributed by atoms with E-state index in [0.717, 1.165) is 23.6 Å². The van der Waals surface area contributed by atoms with Crippen LogP contribution in [0.4, 0.5) is 14.5 Å². The maximum absolute atomic E-state index is 12.4. The maximum atomic E-state index is 12.4. The third-order valence-corrected chi connectivity index (χ3v) is 3.60. The van der Waals surface area contributed by atoms with Gasteiger partial charge in [-0.25, -0.2) is 8.78 Å². The maximum Gasteiger partial charge on any atom is 0.263 e. The molecule has 0 amide bonds. The van der Waals surface area contributed by atoms with Crippen LogP contribution in [-0.4, -0.2) is 17.5 Å². The highest BCUT2D eigenvalue weighted by molar-refractivity contribution is 7.99. The van der Waals surface area contributed by atoms with E-state index in [-0.39, 0.29) is 5.56 Å². The first-order valence-electron chi connectivity index (χ1n) is 4.98. The van der Waals surface area contributed by atoms with Crippen molar-refractivity contribution in [3.8, 4) is 0 Å². The molecule has 4 heteroatoms. The van der Waals surface area contributed by atoms with Gasteiger partial charge in [0.25, 0.3) is 6.43 Å². The van der Waals surface area contributed by atoms with Gasteiger partial charge in [0, 0.05) is 23.0 Å². The number of alkyl halides is 2. The van der Waals surface area contributed by atoms with E-state index in [2.05, 4.69) is 5.32 Å². The molecule has 1 N–H and O–H groups in total. The molecule has 0 saturated carbocycles. The molecular weight excluding hydrogens is 216 g/mol. The number of rotatable bonds is 3. The number of benzene rings is 1. The first-order chi connectivity index (χ1) is 7.25. The van der Waals surface area contributed by atoms with Crippen LogP contribution in [-0.2, 0) is 0 Å². The predicted octanol–water partition coefficient (Wildman–Crippen LogP) is 3.54. The molecule has 0 aliphatic carbocycles. The lowest BCUT2D eigenvalue weighted by Gasteiger charge is -2.13. The van der Waals surface area contributed by atoms with Crippen molar-refractivity contribution in [3.63, 3.8) is 0 Å². The Balaban J connectivity index is 2.04. The molecular formula is C11H13F2NS. The smallest absolute Gasteiger partial charge is 0.263 e.